The summed E-state index contributed by atoms with van der Waals surface area (Å²) in [5, 5.41) is 6.24. The number of hydrogen-bond donors (Lipinski definition) is 2. The molecule has 1 unspecified atom stereocenters. The number of imidazole rings is 1. The minimum absolute atomic E-state index is 0.0318. The zero-order valence-corrected chi connectivity index (χ0v) is 18.8. The van der Waals surface area contributed by atoms with Crippen LogP contribution in [0.3, 0.4) is 0 Å². The molecular formula is C25H33N5O. The van der Waals surface area contributed by atoms with Crippen LogP contribution in [0.4, 0.5) is 4.79 Å². The molecule has 4 rings (SSSR count). The summed E-state index contributed by atoms with van der Waals surface area (Å²) >= 11 is 0. The summed E-state index contributed by atoms with van der Waals surface area (Å²) in [6.07, 6.45) is 5.77. The molecule has 0 spiro atoms. The molecule has 6 nitrogen and oxygen atoms in total. The van der Waals surface area contributed by atoms with E-state index in [1.54, 1.807) is 0 Å². The van der Waals surface area contributed by atoms with Crippen LogP contribution in [0, 0.1) is 5.41 Å². The molecule has 1 atom stereocenters. The van der Waals surface area contributed by atoms with E-state index in [0.29, 0.717) is 13.0 Å². The lowest BCUT2D eigenvalue weighted by Crippen LogP contribution is -2.54. The molecule has 2 amide bonds. The van der Waals surface area contributed by atoms with Gasteiger partial charge in [0.1, 0.15) is 5.65 Å². The van der Waals surface area contributed by atoms with Gasteiger partial charge in [-0.1, -0.05) is 51.1 Å². The van der Waals surface area contributed by atoms with Crippen LogP contribution < -0.4 is 10.6 Å². The molecule has 0 saturated carbocycles. The molecule has 2 N–H and O–H groups in total. The number of nitrogens with one attached hydrogen (secondary N) is 2. The fraction of sp³-hybridized carbons (Fsp3) is 0.440. The molecule has 0 bridgehead atoms. The predicted octanol–water partition coefficient (Wildman–Crippen LogP) is 3.65. The Labute approximate surface area is 184 Å². The van der Waals surface area contributed by atoms with Crippen LogP contribution in [-0.4, -0.2) is 46.0 Å². The van der Waals surface area contributed by atoms with Crippen LogP contribution in [0.15, 0.2) is 54.9 Å². The molecule has 1 aliphatic rings. The first-order valence-electron chi connectivity index (χ1n) is 11.1. The molecule has 0 saturated heterocycles. The normalized spacial score (nSPS) is 15.5. The average molecular weight is 420 g/mol. The van der Waals surface area contributed by atoms with Crippen molar-refractivity contribution in [1.29, 1.82) is 0 Å². The monoisotopic (exact) mass is 419 g/mol. The number of pyridine rings is 1. The first-order valence-corrected chi connectivity index (χ1v) is 11.1. The van der Waals surface area contributed by atoms with Gasteiger partial charge in [0.2, 0.25) is 0 Å². The third kappa shape index (κ3) is 5.44. The number of aromatic nitrogens is 2. The Morgan fingerprint density at radius 3 is 2.68 bits per heavy atom. The van der Waals surface area contributed by atoms with Crippen molar-refractivity contribution in [1.82, 2.24) is 24.9 Å². The Kier molecular flexibility index (Phi) is 6.28. The molecule has 3 heterocycles. The summed E-state index contributed by atoms with van der Waals surface area (Å²) in [5.41, 5.74) is 4.72. The van der Waals surface area contributed by atoms with Crippen LogP contribution in [0.1, 0.15) is 37.6 Å². The van der Waals surface area contributed by atoms with Crippen LogP contribution in [0.25, 0.3) is 5.65 Å². The lowest BCUT2D eigenvalue weighted by atomic mass is 9.86. The number of urea groups is 1. The highest BCUT2D eigenvalue weighted by atomic mass is 16.2. The molecule has 1 aliphatic heterocycles. The third-order valence-corrected chi connectivity index (χ3v) is 6.08. The SMILES string of the molecule is CC(C)(C)C(CN1CCc2ccccc2C1)NC(=O)NCCc1cn2ccccc2n1. The molecule has 0 fully saturated rings. The maximum atomic E-state index is 12.6. The molecule has 164 valence electrons. The second-order valence-corrected chi connectivity index (χ2v) is 9.52. The highest BCUT2D eigenvalue weighted by molar-refractivity contribution is 5.74. The molecule has 31 heavy (non-hydrogen) atoms. The number of rotatable bonds is 6. The van der Waals surface area contributed by atoms with Crippen LogP contribution >= 0.6 is 0 Å². The zero-order chi connectivity index (χ0) is 21.8. The minimum Gasteiger partial charge on any atom is -0.338 e. The Balaban J connectivity index is 1.29. The van der Waals surface area contributed by atoms with Gasteiger partial charge in [-0.15, -0.1) is 0 Å². The van der Waals surface area contributed by atoms with E-state index in [-0.39, 0.29) is 17.5 Å². The minimum atomic E-state index is -0.110. The Morgan fingerprint density at radius 2 is 1.90 bits per heavy atom. The van der Waals surface area contributed by atoms with Crippen molar-refractivity contribution in [3.8, 4) is 0 Å². The van der Waals surface area contributed by atoms with Gasteiger partial charge in [0.25, 0.3) is 0 Å². The molecule has 0 aliphatic carbocycles. The van der Waals surface area contributed by atoms with E-state index in [2.05, 4.69) is 65.6 Å². The third-order valence-electron chi connectivity index (χ3n) is 6.08. The average Bonchev–Trinajstić information content (AvgIpc) is 3.15. The van der Waals surface area contributed by atoms with Gasteiger partial charge >= 0.3 is 6.03 Å². The van der Waals surface area contributed by atoms with Crippen LogP contribution in [0.5, 0.6) is 0 Å². The lowest BCUT2D eigenvalue weighted by molar-refractivity contribution is 0.161. The largest absolute Gasteiger partial charge is 0.338 e. The predicted molar refractivity (Wildman–Crippen MR) is 124 cm³/mol. The summed E-state index contributed by atoms with van der Waals surface area (Å²) < 4.78 is 2.00. The van der Waals surface area contributed by atoms with Gasteiger partial charge in [-0.3, -0.25) is 4.90 Å². The second kappa shape index (κ2) is 9.10. The molecule has 0 radical (unpaired) electrons. The quantitative estimate of drug-likeness (QED) is 0.641. The first-order chi connectivity index (χ1) is 14.9. The first kappa shape index (κ1) is 21.4. The molecular weight excluding hydrogens is 386 g/mol. The number of hydrogen-bond acceptors (Lipinski definition) is 3. The summed E-state index contributed by atoms with van der Waals surface area (Å²) in [5.74, 6) is 0. The lowest BCUT2D eigenvalue weighted by Gasteiger charge is -2.37. The molecule has 2 aromatic heterocycles. The number of carbonyl (C=O) groups excluding carboxylic acids is 1. The van der Waals surface area contributed by atoms with Gasteiger partial charge in [0.05, 0.1) is 5.69 Å². The summed E-state index contributed by atoms with van der Waals surface area (Å²) in [7, 11) is 0. The van der Waals surface area contributed by atoms with Gasteiger partial charge in [0, 0.05) is 51.0 Å². The Hall–Kier alpha value is -2.86. The van der Waals surface area contributed by atoms with Crippen molar-refractivity contribution in [2.45, 2.75) is 46.2 Å². The van der Waals surface area contributed by atoms with Crippen molar-refractivity contribution in [2.24, 2.45) is 5.41 Å². The Morgan fingerprint density at radius 1 is 1.13 bits per heavy atom. The van der Waals surface area contributed by atoms with Gasteiger partial charge in [-0.2, -0.15) is 0 Å². The van der Waals surface area contributed by atoms with Gasteiger partial charge < -0.3 is 15.0 Å². The van der Waals surface area contributed by atoms with Crippen molar-refractivity contribution >= 4 is 11.7 Å². The number of nitrogens with zero attached hydrogens (tertiary/aromatic N) is 3. The van der Waals surface area contributed by atoms with E-state index in [0.717, 1.165) is 37.4 Å². The maximum absolute atomic E-state index is 12.6. The van der Waals surface area contributed by atoms with E-state index in [1.165, 1.54) is 11.1 Å². The zero-order valence-electron chi connectivity index (χ0n) is 18.8. The number of fused-ring (bicyclic) bond motifs is 2. The van der Waals surface area contributed by atoms with E-state index >= 15 is 0 Å². The number of carbonyl (C=O) groups is 1. The van der Waals surface area contributed by atoms with Crippen LogP contribution in [-0.2, 0) is 19.4 Å². The molecule has 1 aromatic carbocycles. The van der Waals surface area contributed by atoms with Gasteiger partial charge in [-0.25, -0.2) is 9.78 Å². The van der Waals surface area contributed by atoms with E-state index in [4.69, 9.17) is 0 Å². The van der Waals surface area contributed by atoms with Crippen molar-refractivity contribution < 1.29 is 4.79 Å². The van der Waals surface area contributed by atoms with Crippen molar-refractivity contribution in [2.75, 3.05) is 19.6 Å². The summed E-state index contributed by atoms with van der Waals surface area (Å²) in [6, 6.07) is 14.6. The highest BCUT2D eigenvalue weighted by Crippen LogP contribution is 2.24. The van der Waals surface area contributed by atoms with Gasteiger partial charge in [0.15, 0.2) is 0 Å². The second-order valence-electron chi connectivity index (χ2n) is 9.52. The van der Waals surface area contributed by atoms with E-state index < -0.39 is 0 Å². The molecule has 6 heteroatoms. The fourth-order valence-electron chi connectivity index (χ4n) is 4.13. The maximum Gasteiger partial charge on any atom is 0.315 e. The van der Waals surface area contributed by atoms with Crippen LogP contribution in [0.2, 0.25) is 0 Å². The number of amides is 2. The summed E-state index contributed by atoms with van der Waals surface area (Å²) in [4.78, 5) is 19.7. The fourth-order valence-corrected chi connectivity index (χ4v) is 4.13. The van der Waals surface area contributed by atoms with E-state index in [9.17, 15) is 4.79 Å². The van der Waals surface area contributed by atoms with Crippen molar-refractivity contribution in [3.05, 3.63) is 71.7 Å². The van der Waals surface area contributed by atoms with E-state index in [1.807, 2.05) is 35.0 Å². The Bertz CT molecular complexity index is 1000. The van der Waals surface area contributed by atoms with Gasteiger partial charge in [-0.05, 0) is 35.1 Å². The van der Waals surface area contributed by atoms with Crippen molar-refractivity contribution in [3.63, 3.8) is 0 Å². The highest BCUT2D eigenvalue weighted by Gasteiger charge is 2.29. The standard InChI is InChI=1S/C25H33N5O/c1-25(2,3)22(18-29-15-12-19-8-4-5-9-20(19)16-29)28-24(31)26-13-11-21-17-30-14-7-6-10-23(30)27-21/h4-10,14,17,22H,11-13,15-16,18H2,1-3H3,(H2,26,28,31). The topological polar surface area (TPSA) is 61.7 Å². The smallest absolute Gasteiger partial charge is 0.315 e. The molecule has 3 aromatic rings. The summed E-state index contributed by atoms with van der Waals surface area (Å²) in [6.45, 7) is 9.94. The number of benzene rings is 1.